The van der Waals surface area contributed by atoms with Gasteiger partial charge in [-0.25, -0.2) is 14.5 Å². The molecule has 7 heteroatoms. The van der Waals surface area contributed by atoms with E-state index in [1.54, 1.807) is 56.5 Å². The van der Waals surface area contributed by atoms with E-state index in [-0.39, 0.29) is 5.69 Å². The topological polar surface area (TPSA) is 69.1 Å². The van der Waals surface area contributed by atoms with E-state index in [1.807, 2.05) is 0 Å². The summed E-state index contributed by atoms with van der Waals surface area (Å²) in [6.07, 6.45) is 0. The van der Waals surface area contributed by atoms with Crippen molar-refractivity contribution >= 4 is 11.6 Å². The van der Waals surface area contributed by atoms with Gasteiger partial charge in [-0.3, -0.25) is 0 Å². The maximum Gasteiger partial charge on any atom is 0.347 e. The summed E-state index contributed by atoms with van der Waals surface area (Å²) in [6.45, 7) is 1.75. The molecule has 6 nitrogen and oxygen atoms in total. The molecule has 0 saturated heterocycles. The van der Waals surface area contributed by atoms with E-state index in [0.29, 0.717) is 33.8 Å². The molecule has 0 fully saturated rings. The van der Waals surface area contributed by atoms with E-state index >= 15 is 0 Å². The highest BCUT2D eigenvalue weighted by atomic mass is 35.5. The third-order valence-electron chi connectivity index (χ3n) is 3.25. The van der Waals surface area contributed by atoms with E-state index in [9.17, 15) is 4.79 Å². The number of methoxy groups -OCH3 is 1. The quantitative estimate of drug-likeness (QED) is 0.796. The Kier molecular flexibility index (Phi) is 4.08. The molecule has 1 N–H and O–H groups in total. The van der Waals surface area contributed by atoms with Crippen LogP contribution in [0.3, 0.4) is 0 Å². The molecule has 2 aromatic carbocycles. The molecule has 0 bridgehead atoms. The number of hydrogen-bond acceptors (Lipinski definition) is 4. The van der Waals surface area contributed by atoms with Crippen molar-refractivity contribution in [3.63, 3.8) is 0 Å². The van der Waals surface area contributed by atoms with Crippen molar-refractivity contribution in [2.75, 3.05) is 7.11 Å². The molecule has 0 spiro atoms. The van der Waals surface area contributed by atoms with Gasteiger partial charge in [-0.2, -0.15) is 5.10 Å². The molecule has 0 radical (unpaired) electrons. The van der Waals surface area contributed by atoms with Crippen LogP contribution in [0.1, 0.15) is 5.82 Å². The predicted molar refractivity (Wildman–Crippen MR) is 87.0 cm³/mol. The molecular weight excluding hydrogens is 318 g/mol. The zero-order valence-corrected chi connectivity index (χ0v) is 13.3. The lowest BCUT2D eigenvalue weighted by Crippen LogP contribution is -2.15. The second kappa shape index (κ2) is 6.18. The van der Waals surface area contributed by atoms with Crippen LogP contribution in [0.4, 0.5) is 0 Å². The summed E-state index contributed by atoms with van der Waals surface area (Å²) in [5.41, 5.74) is 0.424. The lowest BCUT2D eigenvalue weighted by atomic mass is 10.3. The van der Waals surface area contributed by atoms with Gasteiger partial charge in [0.25, 0.3) is 0 Å². The van der Waals surface area contributed by atoms with Gasteiger partial charge in [-0.15, -0.1) is 0 Å². The van der Waals surface area contributed by atoms with Crippen molar-refractivity contribution in [1.82, 2.24) is 14.8 Å². The Morgan fingerprint density at radius 2 is 1.78 bits per heavy atom. The van der Waals surface area contributed by atoms with Gasteiger partial charge in [0.05, 0.1) is 12.8 Å². The van der Waals surface area contributed by atoms with Gasteiger partial charge in [0.1, 0.15) is 23.1 Å². The minimum absolute atomic E-state index is 0.282. The number of ether oxygens (including phenoxy) is 2. The molecule has 118 valence electrons. The zero-order chi connectivity index (χ0) is 16.4. The number of halogens is 1. The number of benzene rings is 2. The number of nitrogens with one attached hydrogen (secondary N) is 1. The Morgan fingerprint density at radius 3 is 2.39 bits per heavy atom. The number of rotatable bonds is 4. The molecule has 3 aromatic rings. The number of nitrogens with zero attached hydrogens (tertiary/aromatic N) is 2. The Hall–Kier alpha value is -2.73. The highest BCUT2D eigenvalue weighted by molar-refractivity contribution is 6.30. The predicted octanol–water partition coefficient (Wildman–Crippen LogP) is 3.32. The molecule has 1 heterocycles. The maximum absolute atomic E-state index is 11.7. The minimum atomic E-state index is -0.282. The van der Waals surface area contributed by atoms with Gasteiger partial charge in [0, 0.05) is 11.1 Å². The van der Waals surface area contributed by atoms with Crippen LogP contribution >= 0.6 is 11.6 Å². The Balaban J connectivity index is 1.86. The van der Waals surface area contributed by atoms with Gasteiger partial charge in [0.2, 0.25) is 0 Å². The highest BCUT2D eigenvalue weighted by Crippen LogP contribution is 2.29. The lowest BCUT2D eigenvalue weighted by Gasteiger charge is -2.09. The summed E-state index contributed by atoms with van der Waals surface area (Å²) < 4.78 is 12.4. The molecule has 0 aliphatic rings. The Labute approximate surface area is 137 Å². The van der Waals surface area contributed by atoms with Crippen molar-refractivity contribution in [2.24, 2.45) is 0 Å². The molecule has 0 saturated carbocycles. The molecule has 0 aliphatic heterocycles. The molecule has 0 aliphatic carbocycles. The number of H-pyrrole nitrogens is 1. The van der Waals surface area contributed by atoms with E-state index in [0.717, 1.165) is 0 Å². The SMILES string of the molecule is COc1cc(Cl)cc(Oc2ccc(-n3c(C)n[nH]c3=O)cc2)c1. The summed E-state index contributed by atoms with van der Waals surface area (Å²) in [4.78, 5) is 11.7. The van der Waals surface area contributed by atoms with E-state index < -0.39 is 0 Å². The van der Waals surface area contributed by atoms with Crippen molar-refractivity contribution in [3.05, 3.63) is 63.8 Å². The fourth-order valence-electron chi connectivity index (χ4n) is 2.19. The van der Waals surface area contributed by atoms with Crippen LogP contribution in [0.25, 0.3) is 5.69 Å². The summed E-state index contributed by atoms with van der Waals surface area (Å²) >= 11 is 6.01. The second-order valence-corrected chi connectivity index (χ2v) is 5.27. The van der Waals surface area contributed by atoms with Crippen LogP contribution in [0.5, 0.6) is 17.2 Å². The molecule has 1 aromatic heterocycles. The molecular formula is C16H14ClN3O3. The standard InChI is InChI=1S/C16H14ClN3O3/c1-10-18-19-16(21)20(10)12-3-5-13(6-4-12)23-15-8-11(17)7-14(9-15)22-2/h3-9H,1-2H3,(H,19,21). The van der Waals surface area contributed by atoms with Crippen LogP contribution in [-0.2, 0) is 0 Å². The van der Waals surface area contributed by atoms with Crippen molar-refractivity contribution in [2.45, 2.75) is 6.92 Å². The normalized spacial score (nSPS) is 10.6. The van der Waals surface area contributed by atoms with Crippen LogP contribution in [0.15, 0.2) is 47.3 Å². The number of aromatic nitrogens is 3. The molecule has 3 rings (SSSR count). The summed E-state index contributed by atoms with van der Waals surface area (Å²) in [5.74, 6) is 2.39. The van der Waals surface area contributed by atoms with Crippen molar-refractivity contribution in [3.8, 4) is 22.9 Å². The first-order chi connectivity index (χ1) is 11.1. The average Bonchev–Trinajstić information content (AvgIpc) is 2.86. The Bertz CT molecular complexity index is 884. The zero-order valence-electron chi connectivity index (χ0n) is 12.5. The van der Waals surface area contributed by atoms with Crippen molar-refractivity contribution in [1.29, 1.82) is 0 Å². The van der Waals surface area contributed by atoms with Crippen molar-refractivity contribution < 1.29 is 9.47 Å². The van der Waals surface area contributed by atoms with Crippen LogP contribution < -0.4 is 15.2 Å². The fourth-order valence-corrected chi connectivity index (χ4v) is 2.41. The monoisotopic (exact) mass is 331 g/mol. The highest BCUT2D eigenvalue weighted by Gasteiger charge is 2.07. The summed E-state index contributed by atoms with van der Waals surface area (Å²) in [7, 11) is 1.56. The molecule has 0 unspecified atom stereocenters. The van der Waals surface area contributed by atoms with Gasteiger partial charge in [-0.1, -0.05) is 11.6 Å². The number of hydrogen-bond donors (Lipinski definition) is 1. The molecule has 0 atom stereocenters. The smallest absolute Gasteiger partial charge is 0.347 e. The fraction of sp³-hybridized carbons (Fsp3) is 0.125. The van der Waals surface area contributed by atoms with E-state index in [4.69, 9.17) is 21.1 Å². The minimum Gasteiger partial charge on any atom is -0.497 e. The van der Waals surface area contributed by atoms with Gasteiger partial charge >= 0.3 is 5.69 Å². The van der Waals surface area contributed by atoms with E-state index in [2.05, 4.69) is 10.2 Å². The third kappa shape index (κ3) is 3.22. The number of aryl methyl sites for hydroxylation is 1. The largest absolute Gasteiger partial charge is 0.497 e. The first kappa shape index (κ1) is 15.2. The van der Waals surface area contributed by atoms with Gasteiger partial charge in [0.15, 0.2) is 0 Å². The van der Waals surface area contributed by atoms with Crippen LogP contribution in [0.2, 0.25) is 5.02 Å². The third-order valence-corrected chi connectivity index (χ3v) is 3.47. The van der Waals surface area contributed by atoms with Crippen LogP contribution in [0, 0.1) is 6.92 Å². The number of aromatic amines is 1. The Morgan fingerprint density at radius 1 is 1.09 bits per heavy atom. The lowest BCUT2D eigenvalue weighted by molar-refractivity contribution is 0.409. The van der Waals surface area contributed by atoms with E-state index in [1.165, 1.54) is 4.57 Å². The maximum atomic E-state index is 11.7. The van der Waals surface area contributed by atoms with Gasteiger partial charge in [-0.05, 0) is 43.3 Å². The first-order valence-electron chi connectivity index (χ1n) is 6.84. The van der Waals surface area contributed by atoms with Crippen LogP contribution in [-0.4, -0.2) is 21.9 Å². The van der Waals surface area contributed by atoms with Gasteiger partial charge < -0.3 is 9.47 Å². The molecule has 0 amide bonds. The summed E-state index contributed by atoms with van der Waals surface area (Å²) in [6, 6.07) is 12.2. The second-order valence-electron chi connectivity index (χ2n) is 4.83. The first-order valence-corrected chi connectivity index (χ1v) is 7.21. The summed E-state index contributed by atoms with van der Waals surface area (Å²) in [5, 5.41) is 6.81. The molecule has 23 heavy (non-hydrogen) atoms. The average molecular weight is 332 g/mol.